The fourth-order valence-corrected chi connectivity index (χ4v) is 4.96. The van der Waals surface area contributed by atoms with Gasteiger partial charge in [-0.05, 0) is 56.6 Å². The Balaban J connectivity index is 1.50. The molecule has 31 heavy (non-hydrogen) atoms. The Kier molecular flexibility index (Phi) is 5.56. The van der Waals surface area contributed by atoms with Gasteiger partial charge in [0.2, 0.25) is 5.95 Å². The monoisotopic (exact) mass is 427 g/mol. The number of anilines is 2. The first-order valence-electron chi connectivity index (χ1n) is 11.2. The highest BCUT2D eigenvalue weighted by Crippen LogP contribution is 2.36. The lowest BCUT2D eigenvalue weighted by atomic mass is 9.85. The minimum Gasteiger partial charge on any atom is -0.393 e. The molecule has 6 nitrogen and oxygen atoms in total. The number of aliphatic hydroxyl groups excluding tert-OH is 1. The van der Waals surface area contributed by atoms with E-state index in [0.29, 0.717) is 23.0 Å². The van der Waals surface area contributed by atoms with Crippen molar-refractivity contribution in [3.8, 4) is 0 Å². The molecule has 2 N–H and O–H groups in total. The number of nitrogens with zero attached hydrogens (tertiary/aromatic N) is 4. The first kappa shape index (κ1) is 20.3. The summed E-state index contributed by atoms with van der Waals surface area (Å²) >= 11 is 0. The van der Waals surface area contributed by atoms with Crippen molar-refractivity contribution in [2.75, 3.05) is 5.32 Å². The van der Waals surface area contributed by atoms with Gasteiger partial charge in [0.15, 0.2) is 5.65 Å². The average Bonchev–Trinajstić information content (AvgIpc) is 3.39. The number of halogens is 2. The molecule has 2 fully saturated rings. The average molecular weight is 427 g/mol. The molecule has 0 unspecified atom stereocenters. The van der Waals surface area contributed by atoms with Crippen LogP contribution in [-0.4, -0.2) is 30.7 Å². The third-order valence-electron chi connectivity index (χ3n) is 6.66. The van der Waals surface area contributed by atoms with Crippen molar-refractivity contribution in [3.05, 3.63) is 41.9 Å². The van der Waals surface area contributed by atoms with Crippen LogP contribution in [0.15, 0.2) is 24.4 Å². The second-order valence-corrected chi connectivity index (χ2v) is 8.84. The van der Waals surface area contributed by atoms with E-state index < -0.39 is 11.6 Å². The van der Waals surface area contributed by atoms with Crippen LogP contribution >= 0.6 is 0 Å². The normalized spacial score (nSPS) is 22.3. The number of benzene rings is 1. The van der Waals surface area contributed by atoms with Crippen LogP contribution < -0.4 is 5.32 Å². The summed E-state index contributed by atoms with van der Waals surface area (Å²) in [4.78, 5) is 14.0. The van der Waals surface area contributed by atoms with E-state index in [1.165, 1.54) is 18.2 Å². The summed E-state index contributed by atoms with van der Waals surface area (Å²) in [5.41, 5.74) is 1.13. The fraction of sp³-hybridized carbons (Fsp3) is 0.522. The van der Waals surface area contributed by atoms with E-state index in [1.807, 2.05) is 4.57 Å². The van der Waals surface area contributed by atoms with Gasteiger partial charge in [0.1, 0.15) is 28.7 Å². The molecule has 2 aliphatic rings. The van der Waals surface area contributed by atoms with E-state index in [0.717, 1.165) is 63.6 Å². The van der Waals surface area contributed by atoms with E-state index in [4.69, 9.17) is 4.98 Å². The van der Waals surface area contributed by atoms with Crippen molar-refractivity contribution in [1.82, 2.24) is 19.5 Å². The quantitative estimate of drug-likeness (QED) is 0.595. The number of para-hydroxylation sites is 1. The van der Waals surface area contributed by atoms with E-state index in [9.17, 15) is 13.9 Å². The summed E-state index contributed by atoms with van der Waals surface area (Å²) in [6.07, 6.45) is 10.1. The van der Waals surface area contributed by atoms with Gasteiger partial charge in [-0.3, -0.25) is 4.57 Å². The van der Waals surface area contributed by atoms with Crippen LogP contribution in [0.25, 0.3) is 11.2 Å². The standard InChI is InChI=1S/C23H27F2N5O/c24-17-6-3-7-18(25)21(17)29-23-27-19-13-26-20(12-14-8-10-16(31)11-9-14)28-22(19)30(23)15-4-1-2-5-15/h3,6-7,13-16,31H,1-2,4-5,8-12H2,(H,27,29). The second kappa shape index (κ2) is 8.49. The van der Waals surface area contributed by atoms with Gasteiger partial charge in [0.25, 0.3) is 0 Å². The van der Waals surface area contributed by atoms with Crippen molar-refractivity contribution in [1.29, 1.82) is 0 Å². The predicted octanol–water partition coefficient (Wildman–Crippen LogP) is 5.06. The van der Waals surface area contributed by atoms with Crippen LogP contribution in [0.4, 0.5) is 20.4 Å². The molecule has 2 saturated carbocycles. The summed E-state index contributed by atoms with van der Waals surface area (Å²) in [6, 6.07) is 3.99. The summed E-state index contributed by atoms with van der Waals surface area (Å²) < 4.78 is 30.5. The fourth-order valence-electron chi connectivity index (χ4n) is 4.96. The number of fused-ring (bicyclic) bond motifs is 1. The number of aromatic nitrogens is 4. The molecule has 0 spiro atoms. The SMILES string of the molecule is OC1CCC(Cc2ncc3nc(Nc4c(F)cccc4F)n(C4CCCC4)c3n2)CC1. The van der Waals surface area contributed by atoms with Gasteiger partial charge in [-0.25, -0.2) is 23.7 Å². The Morgan fingerprint density at radius 2 is 1.71 bits per heavy atom. The van der Waals surface area contributed by atoms with Crippen LogP contribution in [0.1, 0.15) is 63.2 Å². The second-order valence-electron chi connectivity index (χ2n) is 8.84. The Hall–Kier alpha value is -2.61. The minimum atomic E-state index is -0.656. The van der Waals surface area contributed by atoms with Crippen LogP contribution in [0.2, 0.25) is 0 Å². The molecule has 0 radical (unpaired) electrons. The van der Waals surface area contributed by atoms with Crippen molar-refractivity contribution in [2.45, 2.75) is 69.9 Å². The van der Waals surface area contributed by atoms with Crippen molar-refractivity contribution in [3.63, 3.8) is 0 Å². The van der Waals surface area contributed by atoms with Gasteiger partial charge in [-0.2, -0.15) is 0 Å². The molecule has 0 amide bonds. The molecule has 2 aliphatic carbocycles. The Bertz CT molecular complexity index is 1050. The molecule has 0 saturated heterocycles. The van der Waals surface area contributed by atoms with E-state index in [1.54, 1.807) is 6.20 Å². The highest BCUT2D eigenvalue weighted by atomic mass is 19.1. The van der Waals surface area contributed by atoms with E-state index in [2.05, 4.69) is 15.3 Å². The zero-order chi connectivity index (χ0) is 21.4. The Labute approximate surface area is 179 Å². The van der Waals surface area contributed by atoms with Crippen LogP contribution in [0.5, 0.6) is 0 Å². The molecule has 2 heterocycles. The minimum absolute atomic E-state index is 0.184. The molecule has 2 aromatic heterocycles. The maximum Gasteiger partial charge on any atom is 0.210 e. The number of hydrogen-bond acceptors (Lipinski definition) is 5. The van der Waals surface area contributed by atoms with E-state index >= 15 is 0 Å². The topological polar surface area (TPSA) is 75.9 Å². The molecular weight excluding hydrogens is 400 g/mol. The molecule has 8 heteroatoms. The van der Waals surface area contributed by atoms with Crippen molar-refractivity contribution in [2.24, 2.45) is 5.92 Å². The van der Waals surface area contributed by atoms with Gasteiger partial charge in [0, 0.05) is 12.5 Å². The van der Waals surface area contributed by atoms with Crippen LogP contribution in [0.3, 0.4) is 0 Å². The third kappa shape index (κ3) is 4.13. The first-order valence-corrected chi connectivity index (χ1v) is 11.2. The number of rotatable bonds is 5. The highest BCUT2D eigenvalue weighted by molar-refractivity contribution is 5.75. The zero-order valence-electron chi connectivity index (χ0n) is 17.4. The largest absolute Gasteiger partial charge is 0.393 e. The van der Waals surface area contributed by atoms with Gasteiger partial charge in [-0.15, -0.1) is 0 Å². The first-order chi connectivity index (χ1) is 15.1. The lowest BCUT2D eigenvalue weighted by Gasteiger charge is -2.24. The molecule has 0 aliphatic heterocycles. The molecule has 3 aromatic rings. The van der Waals surface area contributed by atoms with Gasteiger partial charge < -0.3 is 10.4 Å². The summed E-state index contributed by atoms with van der Waals surface area (Å²) in [5, 5.41) is 12.6. The molecular formula is C23H27F2N5O. The van der Waals surface area contributed by atoms with Crippen molar-refractivity contribution >= 4 is 22.8 Å². The maximum absolute atomic E-state index is 14.3. The number of aliphatic hydroxyl groups is 1. The zero-order valence-corrected chi connectivity index (χ0v) is 17.4. The lowest BCUT2D eigenvalue weighted by Crippen LogP contribution is -2.20. The number of hydrogen-bond donors (Lipinski definition) is 2. The molecule has 1 aromatic carbocycles. The number of nitrogens with one attached hydrogen (secondary N) is 1. The predicted molar refractivity (Wildman–Crippen MR) is 114 cm³/mol. The highest BCUT2D eigenvalue weighted by Gasteiger charge is 2.26. The number of imidazole rings is 1. The molecule has 164 valence electrons. The summed E-state index contributed by atoms with van der Waals surface area (Å²) in [7, 11) is 0. The summed E-state index contributed by atoms with van der Waals surface area (Å²) in [6.45, 7) is 0. The van der Waals surface area contributed by atoms with Crippen LogP contribution in [0, 0.1) is 17.6 Å². The van der Waals surface area contributed by atoms with Gasteiger partial charge in [0.05, 0.1) is 12.3 Å². The van der Waals surface area contributed by atoms with Gasteiger partial charge in [-0.1, -0.05) is 18.9 Å². The maximum atomic E-state index is 14.3. The summed E-state index contributed by atoms with van der Waals surface area (Å²) in [5.74, 6) is 0.316. The molecule has 5 rings (SSSR count). The van der Waals surface area contributed by atoms with Crippen molar-refractivity contribution < 1.29 is 13.9 Å². The Morgan fingerprint density at radius 1 is 1.00 bits per heavy atom. The molecule has 0 atom stereocenters. The van der Waals surface area contributed by atoms with Crippen LogP contribution in [-0.2, 0) is 6.42 Å². The van der Waals surface area contributed by atoms with E-state index in [-0.39, 0.29) is 17.8 Å². The smallest absolute Gasteiger partial charge is 0.210 e. The van der Waals surface area contributed by atoms with Gasteiger partial charge >= 0.3 is 0 Å². The molecule has 0 bridgehead atoms. The Morgan fingerprint density at radius 3 is 2.42 bits per heavy atom. The third-order valence-corrected chi connectivity index (χ3v) is 6.66. The lowest BCUT2D eigenvalue weighted by molar-refractivity contribution is 0.108.